The number of nitrogens with zero attached hydrogens (tertiary/aromatic N) is 1. The fourth-order valence-corrected chi connectivity index (χ4v) is 2.90. The molecule has 0 aromatic heterocycles. The van der Waals surface area contributed by atoms with Crippen molar-refractivity contribution < 1.29 is 14.3 Å². The Kier molecular flexibility index (Phi) is 4.70. The number of carbonyl (C=O) groups excluding carboxylic acids is 2. The summed E-state index contributed by atoms with van der Waals surface area (Å²) in [6, 6.07) is 11.9. The van der Waals surface area contributed by atoms with Gasteiger partial charge in [0.1, 0.15) is 16.5 Å². The van der Waals surface area contributed by atoms with Crippen LogP contribution in [-0.2, 0) is 9.59 Å². The largest absolute Gasteiger partial charge is 0.495 e. The van der Waals surface area contributed by atoms with Crippen LogP contribution < -0.4 is 15.0 Å². The molecule has 0 spiro atoms. The number of rotatable bonds is 4. The van der Waals surface area contributed by atoms with Crippen LogP contribution in [0, 0.1) is 6.92 Å². The first-order valence-electron chi connectivity index (χ1n) is 7.38. The smallest absolute Gasteiger partial charge is 0.283 e. The van der Waals surface area contributed by atoms with E-state index in [4.69, 9.17) is 27.9 Å². The minimum atomic E-state index is -0.572. The van der Waals surface area contributed by atoms with Gasteiger partial charge in [-0.15, -0.1) is 0 Å². The first-order chi connectivity index (χ1) is 11.9. The molecular weight excluding hydrogens is 363 g/mol. The summed E-state index contributed by atoms with van der Waals surface area (Å²) in [7, 11) is 1.51. The Morgan fingerprint density at radius 3 is 2.28 bits per heavy atom. The molecule has 1 heterocycles. The minimum absolute atomic E-state index is 0.00785. The minimum Gasteiger partial charge on any atom is -0.495 e. The predicted octanol–water partition coefficient (Wildman–Crippen LogP) is 4.09. The van der Waals surface area contributed by atoms with Gasteiger partial charge in [0.25, 0.3) is 11.8 Å². The average Bonchev–Trinajstić information content (AvgIpc) is 2.80. The number of benzene rings is 2. The third-order valence-corrected chi connectivity index (χ3v) is 4.39. The summed E-state index contributed by atoms with van der Waals surface area (Å²) in [6.07, 6.45) is 0. The van der Waals surface area contributed by atoms with Crippen molar-refractivity contribution in [2.24, 2.45) is 0 Å². The molecule has 1 N–H and O–H groups in total. The Labute approximate surface area is 154 Å². The molecule has 0 unspecified atom stereocenters. The molecule has 0 radical (unpaired) electrons. The van der Waals surface area contributed by atoms with Gasteiger partial charge < -0.3 is 10.1 Å². The van der Waals surface area contributed by atoms with Gasteiger partial charge in [-0.1, -0.05) is 40.9 Å². The van der Waals surface area contributed by atoms with Gasteiger partial charge in [-0.25, -0.2) is 4.90 Å². The van der Waals surface area contributed by atoms with Crippen LogP contribution >= 0.6 is 23.2 Å². The number of halogens is 2. The van der Waals surface area contributed by atoms with Crippen LogP contribution in [0.2, 0.25) is 5.02 Å². The van der Waals surface area contributed by atoms with Gasteiger partial charge >= 0.3 is 0 Å². The summed E-state index contributed by atoms with van der Waals surface area (Å²) in [6.45, 7) is 1.92. The Bertz CT molecular complexity index is 892. The van der Waals surface area contributed by atoms with Crippen molar-refractivity contribution in [3.63, 3.8) is 0 Å². The quantitative estimate of drug-likeness (QED) is 0.816. The van der Waals surface area contributed by atoms with Gasteiger partial charge in [-0.3, -0.25) is 9.59 Å². The molecule has 2 amide bonds. The van der Waals surface area contributed by atoms with Gasteiger partial charge in [-0.05, 0) is 37.3 Å². The number of aryl methyl sites for hydroxylation is 1. The second-order valence-electron chi connectivity index (χ2n) is 5.44. The van der Waals surface area contributed by atoms with Crippen molar-refractivity contribution >= 4 is 46.4 Å². The molecule has 128 valence electrons. The standard InChI is InChI=1S/C18H14Cl2N2O3/c1-10-3-6-12(7-4-10)22-17(23)15(20)16(18(22)24)21-11-5-8-14(25-2)13(19)9-11/h3-9,21H,1-2H3. The van der Waals surface area contributed by atoms with E-state index >= 15 is 0 Å². The zero-order chi connectivity index (χ0) is 18.1. The molecule has 2 aromatic carbocycles. The van der Waals surface area contributed by atoms with Gasteiger partial charge in [-0.2, -0.15) is 0 Å². The van der Waals surface area contributed by atoms with Gasteiger partial charge in [0, 0.05) is 5.69 Å². The number of methoxy groups -OCH3 is 1. The van der Waals surface area contributed by atoms with E-state index in [1.165, 1.54) is 7.11 Å². The Morgan fingerprint density at radius 1 is 1.00 bits per heavy atom. The van der Waals surface area contributed by atoms with E-state index in [1.54, 1.807) is 30.3 Å². The molecule has 0 saturated carbocycles. The second kappa shape index (κ2) is 6.78. The van der Waals surface area contributed by atoms with E-state index in [0.717, 1.165) is 10.5 Å². The number of hydrogen-bond acceptors (Lipinski definition) is 4. The van der Waals surface area contributed by atoms with E-state index in [2.05, 4.69) is 5.32 Å². The summed E-state index contributed by atoms with van der Waals surface area (Å²) in [5.41, 5.74) is 2.01. The number of hydrogen-bond donors (Lipinski definition) is 1. The van der Waals surface area contributed by atoms with Gasteiger partial charge in [0.15, 0.2) is 0 Å². The number of nitrogens with one attached hydrogen (secondary N) is 1. The maximum Gasteiger partial charge on any atom is 0.283 e. The lowest BCUT2D eigenvalue weighted by molar-refractivity contribution is -0.120. The number of amides is 2. The van der Waals surface area contributed by atoms with Crippen LogP contribution in [0.5, 0.6) is 5.75 Å². The highest BCUT2D eigenvalue weighted by molar-refractivity contribution is 6.53. The van der Waals surface area contributed by atoms with E-state index in [-0.39, 0.29) is 10.7 Å². The summed E-state index contributed by atoms with van der Waals surface area (Å²) >= 11 is 12.2. The lowest BCUT2D eigenvalue weighted by Gasteiger charge is -2.15. The first kappa shape index (κ1) is 17.3. The van der Waals surface area contributed by atoms with Crippen LogP contribution in [0.15, 0.2) is 53.2 Å². The molecule has 7 heteroatoms. The highest BCUT2D eigenvalue weighted by atomic mass is 35.5. The van der Waals surface area contributed by atoms with Crippen molar-refractivity contribution in [3.8, 4) is 5.75 Å². The number of anilines is 2. The number of ether oxygens (including phenoxy) is 1. The van der Waals surface area contributed by atoms with E-state index < -0.39 is 11.8 Å². The average molecular weight is 377 g/mol. The lowest BCUT2D eigenvalue weighted by Crippen LogP contribution is -2.32. The molecule has 1 aliphatic heterocycles. The van der Waals surface area contributed by atoms with Gasteiger partial charge in [0.2, 0.25) is 0 Å². The fourth-order valence-electron chi connectivity index (χ4n) is 2.43. The number of carbonyl (C=O) groups is 2. The summed E-state index contributed by atoms with van der Waals surface area (Å²) in [5.74, 6) is -0.592. The lowest BCUT2D eigenvalue weighted by atomic mass is 10.2. The summed E-state index contributed by atoms with van der Waals surface area (Å²) in [5, 5.41) is 3.07. The molecule has 0 aliphatic carbocycles. The molecule has 0 atom stereocenters. The summed E-state index contributed by atoms with van der Waals surface area (Å²) < 4.78 is 5.09. The maximum absolute atomic E-state index is 12.7. The topological polar surface area (TPSA) is 58.6 Å². The molecule has 2 aromatic rings. The fraction of sp³-hybridized carbons (Fsp3) is 0.111. The molecule has 1 aliphatic rings. The van der Waals surface area contributed by atoms with E-state index in [1.807, 2.05) is 19.1 Å². The molecular formula is C18H14Cl2N2O3. The molecule has 25 heavy (non-hydrogen) atoms. The second-order valence-corrected chi connectivity index (χ2v) is 6.23. The van der Waals surface area contributed by atoms with Gasteiger partial charge in [0.05, 0.1) is 17.8 Å². The normalized spacial score (nSPS) is 14.3. The molecule has 3 rings (SSSR count). The predicted molar refractivity (Wildman–Crippen MR) is 98.2 cm³/mol. The van der Waals surface area contributed by atoms with Crippen molar-refractivity contribution in [1.29, 1.82) is 0 Å². The molecule has 0 saturated heterocycles. The van der Waals surface area contributed by atoms with Crippen molar-refractivity contribution in [2.75, 3.05) is 17.3 Å². The molecule has 5 nitrogen and oxygen atoms in total. The zero-order valence-corrected chi connectivity index (χ0v) is 15.0. The van der Waals surface area contributed by atoms with E-state index in [0.29, 0.717) is 22.1 Å². The molecule has 0 fully saturated rings. The Balaban J connectivity index is 1.89. The van der Waals surface area contributed by atoms with Crippen LogP contribution in [0.4, 0.5) is 11.4 Å². The third-order valence-electron chi connectivity index (χ3n) is 3.74. The summed E-state index contributed by atoms with van der Waals surface area (Å²) in [4.78, 5) is 26.1. The van der Waals surface area contributed by atoms with Crippen molar-refractivity contribution in [1.82, 2.24) is 0 Å². The van der Waals surface area contributed by atoms with Crippen molar-refractivity contribution in [2.45, 2.75) is 6.92 Å². The number of imide groups is 1. The SMILES string of the molecule is COc1ccc(NC2=C(Cl)C(=O)N(c3ccc(C)cc3)C2=O)cc1Cl. The maximum atomic E-state index is 12.7. The molecule has 0 bridgehead atoms. The van der Waals surface area contributed by atoms with Crippen LogP contribution in [-0.4, -0.2) is 18.9 Å². The van der Waals surface area contributed by atoms with Crippen LogP contribution in [0.3, 0.4) is 0 Å². The Morgan fingerprint density at radius 2 is 1.68 bits per heavy atom. The monoisotopic (exact) mass is 376 g/mol. The van der Waals surface area contributed by atoms with Crippen LogP contribution in [0.1, 0.15) is 5.56 Å². The van der Waals surface area contributed by atoms with Crippen molar-refractivity contribution in [3.05, 3.63) is 63.8 Å². The zero-order valence-electron chi connectivity index (χ0n) is 13.5. The first-order valence-corrected chi connectivity index (χ1v) is 8.13. The highest BCUT2D eigenvalue weighted by Gasteiger charge is 2.38. The highest BCUT2D eigenvalue weighted by Crippen LogP contribution is 2.32. The third kappa shape index (κ3) is 3.21. The Hall–Kier alpha value is -2.50. The van der Waals surface area contributed by atoms with E-state index in [9.17, 15) is 9.59 Å². The van der Waals surface area contributed by atoms with Crippen LogP contribution in [0.25, 0.3) is 0 Å².